The summed E-state index contributed by atoms with van der Waals surface area (Å²) in [6.07, 6.45) is 1.91. The van der Waals surface area contributed by atoms with E-state index in [4.69, 9.17) is 14.2 Å². The lowest BCUT2D eigenvalue weighted by molar-refractivity contribution is 0.0336. The number of rotatable bonds is 9. The molecule has 0 bridgehead atoms. The second-order valence-electron chi connectivity index (χ2n) is 7.95. The average Bonchev–Trinajstić information content (AvgIpc) is 2.85. The number of aromatic nitrogens is 1. The molecule has 0 spiro atoms. The number of anilines is 1. The van der Waals surface area contributed by atoms with Crippen LogP contribution >= 0.6 is 0 Å². The molecule has 0 amide bonds. The van der Waals surface area contributed by atoms with Crippen molar-refractivity contribution in [3.05, 3.63) is 83.7 Å². The molecular formula is C26H31N3O3. The molecule has 0 aliphatic carbocycles. The van der Waals surface area contributed by atoms with Crippen LogP contribution in [0.4, 0.5) is 5.69 Å². The topological polar surface area (TPSA) is 47.1 Å². The monoisotopic (exact) mass is 433 g/mol. The third kappa shape index (κ3) is 5.99. The minimum absolute atomic E-state index is 0.759. The SMILES string of the molecule is COc1cccc(CN(Cc2cccc(OC)c2)c2ccnc(CN3CCOCC3)c2)c1. The van der Waals surface area contributed by atoms with Crippen molar-refractivity contribution in [2.45, 2.75) is 19.6 Å². The van der Waals surface area contributed by atoms with E-state index in [1.807, 2.05) is 30.5 Å². The number of nitrogens with zero attached hydrogens (tertiary/aromatic N) is 3. The molecule has 168 valence electrons. The molecule has 0 unspecified atom stereocenters. The minimum atomic E-state index is 0.759. The van der Waals surface area contributed by atoms with Crippen molar-refractivity contribution in [1.29, 1.82) is 0 Å². The standard InChI is InChI=1S/C26H31N3O3/c1-30-25-7-3-5-21(15-25)18-29(19-22-6-4-8-26(16-22)31-2)24-9-10-27-23(17-24)20-28-11-13-32-14-12-28/h3-10,15-17H,11-14,18-20H2,1-2H3. The zero-order valence-corrected chi connectivity index (χ0v) is 18.9. The van der Waals surface area contributed by atoms with Crippen LogP contribution in [-0.2, 0) is 24.4 Å². The second kappa shape index (κ2) is 11.0. The molecule has 1 aliphatic rings. The molecule has 0 atom stereocenters. The Morgan fingerprint density at radius 2 is 1.50 bits per heavy atom. The van der Waals surface area contributed by atoms with Crippen LogP contribution in [0.3, 0.4) is 0 Å². The number of methoxy groups -OCH3 is 2. The molecule has 3 aromatic rings. The summed E-state index contributed by atoms with van der Waals surface area (Å²) >= 11 is 0. The van der Waals surface area contributed by atoms with Crippen LogP contribution in [-0.4, -0.2) is 50.4 Å². The molecule has 32 heavy (non-hydrogen) atoms. The maximum atomic E-state index is 5.48. The fourth-order valence-corrected chi connectivity index (χ4v) is 3.96. The van der Waals surface area contributed by atoms with Gasteiger partial charge in [-0.1, -0.05) is 24.3 Å². The summed E-state index contributed by atoms with van der Waals surface area (Å²) in [5.74, 6) is 1.73. The van der Waals surface area contributed by atoms with Gasteiger partial charge in [0.15, 0.2) is 0 Å². The van der Waals surface area contributed by atoms with Gasteiger partial charge < -0.3 is 19.1 Å². The van der Waals surface area contributed by atoms with Gasteiger partial charge in [0.2, 0.25) is 0 Å². The van der Waals surface area contributed by atoms with Gasteiger partial charge in [-0.25, -0.2) is 0 Å². The van der Waals surface area contributed by atoms with E-state index >= 15 is 0 Å². The Morgan fingerprint density at radius 3 is 2.09 bits per heavy atom. The number of pyridine rings is 1. The highest BCUT2D eigenvalue weighted by molar-refractivity contribution is 5.49. The molecule has 1 saturated heterocycles. The minimum Gasteiger partial charge on any atom is -0.497 e. The van der Waals surface area contributed by atoms with Gasteiger partial charge in [0, 0.05) is 44.6 Å². The Kier molecular flexibility index (Phi) is 7.59. The van der Waals surface area contributed by atoms with Crippen LogP contribution in [0.1, 0.15) is 16.8 Å². The van der Waals surface area contributed by atoms with Crippen LogP contribution in [0, 0.1) is 0 Å². The third-order valence-corrected chi connectivity index (χ3v) is 5.67. The highest BCUT2D eigenvalue weighted by Gasteiger charge is 2.14. The number of benzene rings is 2. The maximum absolute atomic E-state index is 5.48. The first kappa shape index (κ1) is 22.1. The quantitative estimate of drug-likeness (QED) is 0.506. The fourth-order valence-electron chi connectivity index (χ4n) is 3.96. The van der Waals surface area contributed by atoms with E-state index in [1.54, 1.807) is 14.2 Å². The molecule has 0 N–H and O–H groups in total. The molecule has 1 aromatic heterocycles. The van der Waals surface area contributed by atoms with Crippen LogP contribution in [0.5, 0.6) is 11.5 Å². The van der Waals surface area contributed by atoms with Crippen LogP contribution in [0.15, 0.2) is 66.9 Å². The smallest absolute Gasteiger partial charge is 0.119 e. The van der Waals surface area contributed by atoms with Gasteiger partial charge in [0.05, 0.1) is 33.1 Å². The van der Waals surface area contributed by atoms with Gasteiger partial charge >= 0.3 is 0 Å². The van der Waals surface area contributed by atoms with Crippen molar-refractivity contribution in [3.63, 3.8) is 0 Å². The van der Waals surface area contributed by atoms with Crippen molar-refractivity contribution in [2.24, 2.45) is 0 Å². The van der Waals surface area contributed by atoms with E-state index in [1.165, 1.54) is 11.1 Å². The number of morpholine rings is 1. The van der Waals surface area contributed by atoms with Gasteiger partial charge in [-0.05, 0) is 47.5 Å². The van der Waals surface area contributed by atoms with Crippen LogP contribution in [0.25, 0.3) is 0 Å². The summed E-state index contributed by atoms with van der Waals surface area (Å²) in [6, 6.07) is 20.8. The van der Waals surface area contributed by atoms with E-state index in [-0.39, 0.29) is 0 Å². The van der Waals surface area contributed by atoms with Crippen molar-refractivity contribution < 1.29 is 14.2 Å². The van der Waals surface area contributed by atoms with Crippen LogP contribution in [0.2, 0.25) is 0 Å². The van der Waals surface area contributed by atoms with Crippen molar-refractivity contribution in [1.82, 2.24) is 9.88 Å². The largest absolute Gasteiger partial charge is 0.497 e. The zero-order valence-electron chi connectivity index (χ0n) is 18.9. The van der Waals surface area contributed by atoms with Gasteiger partial charge in [0.1, 0.15) is 11.5 Å². The Hall–Kier alpha value is -3.09. The number of ether oxygens (including phenoxy) is 3. The lowest BCUT2D eigenvalue weighted by Crippen LogP contribution is -2.35. The Balaban J connectivity index is 1.59. The Labute approximate surface area is 190 Å². The second-order valence-corrected chi connectivity index (χ2v) is 7.95. The van der Waals surface area contributed by atoms with Gasteiger partial charge in [-0.2, -0.15) is 0 Å². The zero-order chi connectivity index (χ0) is 22.2. The highest BCUT2D eigenvalue weighted by atomic mass is 16.5. The van der Waals surface area contributed by atoms with E-state index in [0.29, 0.717) is 0 Å². The van der Waals surface area contributed by atoms with Gasteiger partial charge in [0.25, 0.3) is 0 Å². The molecule has 1 fully saturated rings. The van der Waals surface area contributed by atoms with Crippen molar-refractivity contribution in [3.8, 4) is 11.5 Å². The number of hydrogen-bond donors (Lipinski definition) is 0. The van der Waals surface area contributed by atoms with E-state index in [2.05, 4.69) is 51.2 Å². The first-order valence-electron chi connectivity index (χ1n) is 11.0. The molecule has 6 nitrogen and oxygen atoms in total. The maximum Gasteiger partial charge on any atom is 0.119 e. The normalized spacial score (nSPS) is 14.2. The molecule has 4 rings (SSSR count). The third-order valence-electron chi connectivity index (χ3n) is 5.67. The summed E-state index contributed by atoms with van der Waals surface area (Å²) in [4.78, 5) is 9.40. The summed E-state index contributed by atoms with van der Waals surface area (Å²) < 4.78 is 16.3. The van der Waals surface area contributed by atoms with E-state index in [9.17, 15) is 0 Å². The molecule has 0 saturated carbocycles. The fraction of sp³-hybridized carbons (Fsp3) is 0.346. The summed E-state index contributed by atoms with van der Waals surface area (Å²) in [7, 11) is 3.40. The van der Waals surface area contributed by atoms with Crippen LogP contribution < -0.4 is 14.4 Å². The first-order valence-corrected chi connectivity index (χ1v) is 11.0. The molecule has 0 radical (unpaired) electrons. The lowest BCUT2D eigenvalue weighted by Gasteiger charge is -2.28. The first-order chi connectivity index (χ1) is 15.7. The van der Waals surface area contributed by atoms with E-state index in [0.717, 1.165) is 68.8 Å². The van der Waals surface area contributed by atoms with E-state index < -0.39 is 0 Å². The Bertz CT molecular complexity index is 955. The van der Waals surface area contributed by atoms with Gasteiger partial charge in [-0.15, -0.1) is 0 Å². The lowest BCUT2D eigenvalue weighted by atomic mass is 10.1. The predicted octanol–water partition coefficient (Wildman–Crippen LogP) is 4.14. The number of hydrogen-bond acceptors (Lipinski definition) is 6. The van der Waals surface area contributed by atoms with Gasteiger partial charge in [-0.3, -0.25) is 9.88 Å². The summed E-state index contributed by atoms with van der Waals surface area (Å²) in [5.41, 5.74) is 4.61. The predicted molar refractivity (Wildman–Crippen MR) is 126 cm³/mol. The molecule has 1 aliphatic heterocycles. The average molecular weight is 434 g/mol. The summed E-state index contributed by atoms with van der Waals surface area (Å²) in [6.45, 7) is 5.83. The molecular weight excluding hydrogens is 402 g/mol. The molecule has 2 heterocycles. The van der Waals surface area contributed by atoms with Crippen molar-refractivity contribution in [2.75, 3.05) is 45.4 Å². The molecule has 6 heteroatoms. The summed E-state index contributed by atoms with van der Waals surface area (Å²) in [5, 5.41) is 0. The highest BCUT2D eigenvalue weighted by Crippen LogP contribution is 2.24. The Morgan fingerprint density at radius 1 is 0.875 bits per heavy atom. The molecule has 2 aromatic carbocycles. The van der Waals surface area contributed by atoms with Crippen molar-refractivity contribution >= 4 is 5.69 Å².